The average Bonchev–Trinajstić information content (AvgIpc) is 2.95. The van der Waals surface area contributed by atoms with Crippen molar-refractivity contribution in [2.45, 2.75) is 50.1 Å². The lowest BCUT2D eigenvalue weighted by Crippen LogP contribution is -2.43. The fraction of sp³-hybridized carbons (Fsp3) is 0.933. The van der Waals surface area contributed by atoms with Crippen LogP contribution in [0.3, 0.4) is 0 Å². The minimum Gasteiger partial charge on any atom is -0.313 e. The number of hydrogen-bond donors (Lipinski definition) is 1. The highest BCUT2D eigenvalue weighted by Gasteiger charge is 2.39. The van der Waals surface area contributed by atoms with E-state index in [4.69, 9.17) is 5.73 Å². The van der Waals surface area contributed by atoms with Crippen LogP contribution in [0.2, 0.25) is 0 Å². The average molecular weight is 264 g/mol. The zero-order valence-corrected chi connectivity index (χ0v) is 12.4. The monoisotopic (exact) mass is 264 g/mol. The van der Waals surface area contributed by atoms with Gasteiger partial charge in [-0.3, -0.25) is 0 Å². The van der Waals surface area contributed by atoms with Gasteiger partial charge in [-0.1, -0.05) is 6.42 Å². The summed E-state index contributed by atoms with van der Waals surface area (Å²) in [6.07, 6.45) is 6.84. The van der Waals surface area contributed by atoms with Crippen molar-refractivity contribution in [3.63, 3.8) is 0 Å². The van der Waals surface area contributed by atoms with Gasteiger partial charge in [-0.2, -0.15) is 5.26 Å². The van der Waals surface area contributed by atoms with Crippen LogP contribution in [0, 0.1) is 17.2 Å². The lowest BCUT2D eigenvalue weighted by Gasteiger charge is -2.29. The molecule has 1 saturated heterocycles. The van der Waals surface area contributed by atoms with E-state index in [0.29, 0.717) is 12.0 Å². The van der Waals surface area contributed by atoms with Crippen molar-refractivity contribution in [3.8, 4) is 6.07 Å². The molecule has 1 saturated carbocycles. The number of rotatable bonds is 5. The molecule has 0 amide bonds. The Morgan fingerprint density at radius 1 is 1.42 bits per heavy atom. The maximum Gasteiger partial charge on any atom is 0.107 e. The summed E-state index contributed by atoms with van der Waals surface area (Å²) in [4.78, 5) is 4.89. The molecule has 2 aliphatic rings. The molecule has 4 heteroatoms. The summed E-state index contributed by atoms with van der Waals surface area (Å²) in [5.41, 5.74) is 5.64. The molecule has 2 N–H and O–H groups in total. The van der Waals surface area contributed by atoms with E-state index in [9.17, 15) is 5.26 Å². The molecule has 0 aromatic rings. The largest absolute Gasteiger partial charge is 0.313 e. The summed E-state index contributed by atoms with van der Waals surface area (Å²) >= 11 is 0. The van der Waals surface area contributed by atoms with E-state index in [1.165, 1.54) is 19.4 Å². The van der Waals surface area contributed by atoms with Crippen LogP contribution in [0.1, 0.15) is 38.5 Å². The SMILES string of the molecule is CN(CCC1CCCC1(N)C#N)CC1CCCN1C. The molecular formula is C15H28N4. The highest BCUT2D eigenvalue weighted by molar-refractivity contribution is 5.11. The molecule has 3 unspecified atom stereocenters. The van der Waals surface area contributed by atoms with Crippen molar-refractivity contribution in [2.75, 3.05) is 33.7 Å². The van der Waals surface area contributed by atoms with E-state index in [1.807, 2.05) is 0 Å². The van der Waals surface area contributed by atoms with Gasteiger partial charge in [0.05, 0.1) is 6.07 Å². The Labute approximate surface area is 117 Å². The van der Waals surface area contributed by atoms with Gasteiger partial charge in [0.1, 0.15) is 5.54 Å². The molecule has 1 aliphatic heterocycles. The number of likely N-dealkylation sites (N-methyl/N-ethyl adjacent to an activating group) is 2. The summed E-state index contributed by atoms with van der Waals surface area (Å²) in [5.74, 6) is 0.390. The predicted octanol–water partition coefficient (Wildman–Crippen LogP) is 1.42. The van der Waals surface area contributed by atoms with E-state index in [0.717, 1.165) is 38.8 Å². The molecule has 1 heterocycles. The van der Waals surface area contributed by atoms with Gasteiger partial charge >= 0.3 is 0 Å². The second-order valence-corrected chi connectivity index (χ2v) is 6.57. The number of likely N-dealkylation sites (tertiary alicyclic amines) is 1. The number of nitriles is 1. The van der Waals surface area contributed by atoms with E-state index < -0.39 is 5.54 Å². The van der Waals surface area contributed by atoms with Crippen molar-refractivity contribution >= 4 is 0 Å². The fourth-order valence-corrected chi connectivity index (χ4v) is 3.69. The third-order valence-corrected chi connectivity index (χ3v) is 5.13. The highest BCUT2D eigenvalue weighted by Crippen LogP contribution is 2.35. The molecule has 0 aromatic carbocycles. The van der Waals surface area contributed by atoms with Crippen LogP contribution < -0.4 is 5.73 Å². The Morgan fingerprint density at radius 2 is 2.21 bits per heavy atom. The van der Waals surface area contributed by atoms with Crippen molar-refractivity contribution in [2.24, 2.45) is 11.7 Å². The molecule has 0 bridgehead atoms. The smallest absolute Gasteiger partial charge is 0.107 e. The van der Waals surface area contributed by atoms with Gasteiger partial charge in [-0.05, 0) is 65.2 Å². The van der Waals surface area contributed by atoms with Crippen LogP contribution in [-0.2, 0) is 0 Å². The minimum atomic E-state index is -0.551. The van der Waals surface area contributed by atoms with Gasteiger partial charge in [0.2, 0.25) is 0 Å². The van der Waals surface area contributed by atoms with E-state index in [2.05, 4.69) is 30.0 Å². The number of nitrogens with two attached hydrogens (primary N) is 1. The van der Waals surface area contributed by atoms with Gasteiger partial charge in [0.25, 0.3) is 0 Å². The van der Waals surface area contributed by atoms with Gasteiger partial charge < -0.3 is 15.5 Å². The molecule has 0 aromatic heterocycles. The molecule has 2 fully saturated rings. The van der Waals surface area contributed by atoms with Gasteiger partial charge in [-0.15, -0.1) is 0 Å². The minimum absolute atomic E-state index is 0.390. The third kappa shape index (κ3) is 3.47. The summed E-state index contributed by atoms with van der Waals surface area (Å²) in [7, 11) is 4.43. The maximum absolute atomic E-state index is 9.23. The van der Waals surface area contributed by atoms with Crippen LogP contribution in [0.15, 0.2) is 0 Å². The van der Waals surface area contributed by atoms with Crippen molar-refractivity contribution in [1.29, 1.82) is 5.26 Å². The van der Waals surface area contributed by atoms with Crippen molar-refractivity contribution in [3.05, 3.63) is 0 Å². The van der Waals surface area contributed by atoms with Crippen molar-refractivity contribution < 1.29 is 0 Å². The van der Waals surface area contributed by atoms with Gasteiger partial charge in [-0.25, -0.2) is 0 Å². The van der Waals surface area contributed by atoms with E-state index in [-0.39, 0.29) is 0 Å². The normalized spacial score (nSPS) is 35.9. The van der Waals surface area contributed by atoms with Gasteiger partial charge in [0, 0.05) is 12.6 Å². The Kier molecular flexibility index (Phi) is 4.83. The molecule has 4 nitrogen and oxygen atoms in total. The number of nitrogens with zero attached hydrogens (tertiary/aromatic N) is 3. The topological polar surface area (TPSA) is 56.3 Å². The second-order valence-electron chi connectivity index (χ2n) is 6.57. The Morgan fingerprint density at radius 3 is 2.84 bits per heavy atom. The Balaban J connectivity index is 1.74. The third-order valence-electron chi connectivity index (χ3n) is 5.13. The quantitative estimate of drug-likeness (QED) is 0.816. The first-order valence-electron chi connectivity index (χ1n) is 7.64. The Hall–Kier alpha value is -0.630. The maximum atomic E-state index is 9.23. The predicted molar refractivity (Wildman–Crippen MR) is 77.6 cm³/mol. The molecule has 0 spiro atoms. The first-order chi connectivity index (χ1) is 9.05. The zero-order valence-electron chi connectivity index (χ0n) is 12.4. The molecule has 108 valence electrons. The highest BCUT2D eigenvalue weighted by atomic mass is 15.2. The first kappa shape index (κ1) is 14.8. The molecule has 3 atom stereocenters. The summed E-state index contributed by atoms with van der Waals surface area (Å²) < 4.78 is 0. The zero-order chi connectivity index (χ0) is 13.9. The summed E-state index contributed by atoms with van der Waals surface area (Å²) in [6, 6.07) is 3.06. The molecule has 0 radical (unpaired) electrons. The molecule has 2 rings (SSSR count). The van der Waals surface area contributed by atoms with E-state index >= 15 is 0 Å². The standard InChI is InChI=1S/C15H28N4/c1-18(11-14-6-4-9-19(14)2)10-7-13-5-3-8-15(13,17)12-16/h13-14H,3-11,17H2,1-2H3. The fourth-order valence-electron chi connectivity index (χ4n) is 3.69. The van der Waals surface area contributed by atoms with Crippen molar-refractivity contribution in [1.82, 2.24) is 9.80 Å². The van der Waals surface area contributed by atoms with Crippen LogP contribution in [-0.4, -0.2) is 55.1 Å². The lowest BCUT2D eigenvalue weighted by atomic mass is 9.87. The summed E-state index contributed by atoms with van der Waals surface area (Å²) in [6.45, 7) is 3.45. The number of hydrogen-bond acceptors (Lipinski definition) is 4. The van der Waals surface area contributed by atoms with Crippen LogP contribution in [0.25, 0.3) is 0 Å². The second kappa shape index (κ2) is 6.21. The molecule has 1 aliphatic carbocycles. The van der Waals surface area contributed by atoms with Crippen LogP contribution in [0.5, 0.6) is 0 Å². The first-order valence-corrected chi connectivity index (χ1v) is 7.64. The van der Waals surface area contributed by atoms with E-state index in [1.54, 1.807) is 0 Å². The Bertz CT molecular complexity index is 338. The molecular weight excluding hydrogens is 236 g/mol. The lowest BCUT2D eigenvalue weighted by molar-refractivity contribution is 0.205. The summed E-state index contributed by atoms with van der Waals surface area (Å²) in [5, 5.41) is 9.23. The van der Waals surface area contributed by atoms with Gasteiger partial charge in [0.15, 0.2) is 0 Å². The van der Waals surface area contributed by atoms with Crippen LogP contribution >= 0.6 is 0 Å². The molecule has 19 heavy (non-hydrogen) atoms. The van der Waals surface area contributed by atoms with Crippen LogP contribution in [0.4, 0.5) is 0 Å².